The topological polar surface area (TPSA) is 52.7 Å². The summed E-state index contributed by atoms with van der Waals surface area (Å²) in [7, 11) is 1.52. The van der Waals surface area contributed by atoms with E-state index >= 15 is 0 Å². The molecule has 8 heteroatoms. The molecule has 1 aromatic rings. The van der Waals surface area contributed by atoms with E-state index in [0.29, 0.717) is 12.1 Å². The van der Waals surface area contributed by atoms with E-state index in [1.54, 1.807) is 4.90 Å². The van der Waals surface area contributed by atoms with Crippen LogP contribution in [0.3, 0.4) is 0 Å². The maximum absolute atomic E-state index is 13.4. The number of nitrogens with one attached hydrogen (secondary N) is 1. The summed E-state index contributed by atoms with van der Waals surface area (Å²) in [6.07, 6.45) is -3.87. The van der Waals surface area contributed by atoms with Crippen molar-refractivity contribution in [1.82, 2.24) is 15.1 Å². The second-order valence-corrected chi connectivity index (χ2v) is 6.58. The highest BCUT2D eigenvalue weighted by atomic mass is 19.4. The monoisotopic (exact) mass is 367 g/mol. The molecule has 2 atom stereocenters. The van der Waals surface area contributed by atoms with Gasteiger partial charge in [-0.3, -0.25) is 9.69 Å². The van der Waals surface area contributed by atoms with E-state index in [2.05, 4.69) is 5.32 Å². The quantitative estimate of drug-likeness (QED) is 0.891. The molecule has 26 heavy (non-hydrogen) atoms. The lowest BCUT2D eigenvalue weighted by Gasteiger charge is -2.32. The zero-order valence-corrected chi connectivity index (χ0v) is 14.7. The number of halogens is 3. The third-order valence-corrected chi connectivity index (χ3v) is 5.09. The van der Waals surface area contributed by atoms with Crippen LogP contribution in [0, 0.1) is 0 Å². The first-order chi connectivity index (χ1) is 12.2. The summed E-state index contributed by atoms with van der Waals surface area (Å²) in [5, 5.41) is 2.56. The summed E-state index contributed by atoms with van der Waals surface area (Å²) < 4.78 is 40.3. The Balaban J connectivity index is 2.12. The number of hydrogen-bond acceptors (Lipinski definition) is 2. The minimum Gasteiger partial charge on any atom is -0.330 e. The Bertz CT molecular complexity index is 788. The normalized spacial score (nSPS) is 21.8. The van der Waals surface area contributed by atoms with Gasteiger partial charge in [0.1, 0.15) is 0 Å². The molecule has 2 heterocycles. The maximum Gasteiger partial charge on any atom is 0.416 e. The minimum atomic E-state index is -4.58. The summed E-state index contributed by atoms with van der Waals surface area (Å²) >= 11 is 0. The van der Waals surface area contributed by atoms with Crippen molar-refractivity contribution in [3.63, 3.8) is 0 Å². The van der Waals surface area contributed by atoms with Crippen molar-refractivity contribution in [2.75, 3.05) is 13.6 Å². The van der Waals surface area contributed by atoms with Gasteiger partial charge in [-0.15, -0.1) is 0 Å². The van der Waals surface area contributed by atoms with Crippen LogP contribution >= 0.6 is 0 Å². The molecule has 2 aliphatic heterocycles. The van der Waals surface area contributed by atoms with E-state index in [0.717, 1.165) is 6.07 Å². The largest absolute Gasteiger partial charge is 0.416 e. The number of amides is 3. The number of likely N-dealkylation sites (N-methyl/N-ethyl adjacent to an activating group) is 1. The molecule has 0 aromatic heterocycles. The second-order valence-electron chi connectivity index (χ2n) is 6.58. The third kappa shape index (κ3) is 2.83. The Morgan fingerprint density at radius 2 is 1.92 bits per heavy atom. The molecule has 3 amide bonds. The Labute approximate surface area is 149 Å². The van der Waals surface area contributed by atoms with Gasteiger partial charge in [0.05, 0.1) is 29.4 Å². The summed E-state index contributed by atoms with van der Waals surface area (Å²) in [4.78, 5) is 28.2. The van der Waals surface area contributed by atoms with Gasteiger partial charge in [0.2, 0.25) is 0 Å². The Morgan fingerprint density at radius 1 is 1.27 bits per heavy atom. The lowest BCUT2D eigenvalue weighted by atomic mass is 9.91. The predicted octanol–water partition coefficient (Wildman–Crippen LogP) is 3.30. The van der Waals surface area contributed by atoms with Crippen LogP contribution < -0.4 is 5.32 Å². The minimum absolute atomic E-state index is 0.0740. The summed E-state index contributed by atoms with van der Waals surface area (Å²) in [6.45, 7) is 4.03. The SMILES string of the molecule is CC[C@@H](C)N1CC2=C(C1=O)[C@H](c1ccccc1C(F)(F)F)NC(=O)N2C. The fraction of sp³-hybridized carbons (Fsp3) is 0.444. The lowest BCUT2D eigenvalue weighted by molar-refractivity contribution is -0.138. The summed E-state index contributed by atoms with van der Waals surface area (Å²) in [5.41, 5.74) is -0.296. The number of carbonyl (C=O) groups excluding carboxylic acids is 2. The van der Waals surface area contributed by atoms with Gasteiger partial charge >= 0.3 is 12.2 Å². The molecule has 2 aliphatic rings. The molecule has 140 valence electrons. The maximum atomic E-state index is 13.4. The molecular weight excluding hydrogens is 347 g/mol. The molecule has 3 rings (SSSR count). The fourth-order valence-corrected chi connectivity index (χ4v) is 3.40. The summed E-state index contributed by atoms with van der Waals surface area (Å²) in [5.74, 6) is -0.330. The highest BCUT2D eigenvalue weighted by Gasteiger charge is 2.46. The average Bonchev–Trinajstić information content (AvgIpc) is 2.94. The standard InChI is InChI=1S/C18H20F3N3O2/c1-4-10(2)24-9-13-14(16(24)25)15(22-17(26)23(13)3)11-7-5-6-8-12(11)18(19,20)21/h5-8,10,15H,4,9H2,1-3H3,(H,22,26)/t10-,15+/m1/s1. The second kappa shape index (κ2) is 6.34. The van der Waals surface area contributed by atoms with Crippen LogP contribution in [0.25, 0.3) is 0 Å². The van der Waals surface area contributed by atoms with Crippen molar-refractivity contribution in [2.45, 2.75) is 38.5 Å². The predicted molar refractivity (Wildman–Crippen MR) is 89.0 cm³/mol. The van der Waals surface area contributed by atoms with Gasteiger partial charge in [-0.1, -0.05) is 25.1 Å². The molecule has 0 saturated heterocycles. The zero-order valence-electron chi connectivity index (χ0n) is 14.7. The Kier molecular flexibility index (Phi) is 4.46. The van der Waals surface area contributed by atoms with Crippen molar-refractivity contribution < 1.29 is 22.8 Å². The van der Waals surface area contributed by atoms with Gasteiger partial charge in [0.15, 0.2) is 0 Å². The van der Waals surface area contributed by atoms with Crippen LogP contribution in [0.1, 0.15) is 37.4 Å². The van der Waals surface area contributed by atoms with Crippen molar-refractivity contribution >= 4 is 11.9 Å². The van der Waals surface area contributed by atoms with Gasteiger partial charge in [-0.25, -0.2) is 4.79 Å². The first-order valence-electron chi connectivity index (χ1n) is 8.41. The van der Waals surface area contributed by atoms with Gasteiger partial charge in [0.25, 0.3) is 5.91 Å². The van der Waals surface area contributed by atoms with Crippen LogP contribution in [0.15, 0.2) is 35.5 Å². The molecule has 0 spiro atoms. The van der Waals surface area contributed by atoms with E-state index < -0.39 is 23.8 Å². The number of urea groups is 1. The lowest BCUT2D eigenvalue weighted by Crippen LogP contribution is -2.45. The number of benzene rings is 1. The van der Waals surface area contributed by atoms with E-state index in [9.17, 15) is 22.8 Å². The molecule has 0 unspecified atom stereocenters. The Hall–Kier alpha value is -2.51. The molecule has 0 bridgehead atoms. The number of rotatable bonds is 3. The van der Waals surface area contributed by atoms with Crippen molar-refractivity contribution in [1.29, 1.82) is 0 Å². The van der Waals surface area contributed by atoms with Crippen LogP contribution in [0.2, 0.25) is 0 Å². The molecule has 5 nitrogen and oxygen atoms in total. The van der Waals surface area contributed by atoms with E-state index in [1.165, 1.54) is 30.1 Å². The smallest absolute Gasteiger partial charge is 0.330 e. The van der Waals surface area contributed by atoms with E-state index in [4.69, 9.17) is 0 Å². The molecule has 1 aromatic carbocycles. The summed E-state index contributed by atoms with van der Waals surface area (Å²) in [6, 6.07) is 3.32. The van der Waals surface area contributed by atoms with Gasteiger partial charge in [0, 0.05) is 13.1 Å². The van der Waals surface area contributed by atoms with Gasteiger partial charge < -0.3 is 10.2 Å². The Morgan fingerprint density at radius 3 is 2.54 bits per heavy atom. The molecule has 1 N–H and O–H groups in total. The van der Waals surface area contributed by atoms with Gasteiger partial charge in [-0.05, 0) is 25.0 Å². The van der Waals surface area contributed by atoms with Crippen LogP contribution in [-0.2, 0) is 11.0 Å². The fourth-order valence-electron chi connectivity index (χ4n) is 3.40. The first kappa shape index (κ1) is 18.3. The highest BCUT2D eigenvalue weighted by Crippen LogP contribution is 2.41. The van der Waals surface area contributed by atoms with Crippen molar-refractivity contribution in [3.8, 4) is 0 Å². The van der Waals surface area contributed by atoms with Crippen LogP contribution in [-0.4, -0.2) is 41.4 Å². The number of nitrogens with zero attached hydrogens (tertiary/aromatic N) is 2. The highest BCUT2D eigenvalue weighted by molar-refractivity contribution is 6.01. The van der Waals surface area contributed by atoms with Crippen molar-refractivity contribution in [2.24, 2.45) is 0 Å². The molecule has 0 saturated carbocycles. The first-order valence-corrected chi connectivity index (χ1v) is 8.41. The number of hydrogen-bond donors (Lipinski definition) is 1. The van der Waals surface area contributed by atoms with Gasteiger partial charge in [-0.2, -0.15) is 13.2 Å². The molecular formula is C18H20F3N3O2. The van der Waals surface area contributed by atoms with E-state index in [1.807, 2.05) is 13.8 Å². The van der Waals surface area contributed by atoms with Crippen LogP contribution in [0.4, 0.5) is 18.0 Å². The average molecular weight is 367 g/mol. The molecule has 0 aliphatic carbocycles. The zero-order chi connectivity index (χ0) is 19.2. The van der Waals surface area contributed by atoms with Crippen LogP contribution in [0.5, 0.6) is 0 Å². The third-order valence-electron chi connectivity index (χ3n) is 5.09. The van der Waals surface area contributed by atoms with E-state index in [-0.39, 0.29) is 29.6 Å². The number of carbonyl (C=O) groups is 2. The van der Waals surface area contributed by atoms with Crippen molar-refractivity contribution in [3.05, 3.63) is 46.7 Å². The molecule has 0 radical (unpaired) electrons. The number of alkyl halides is 3. The molecule has 0 fully saturated rings.